The molecule has 0 aliphatic carbocycles. The van der Waals surface area contributed by atoms with Crippen LogP contribution in [0.1, 0.15) is 18.4 Å². The number of nitrogens with zero attached hydrogens (tertiary/aromatic N) is 1. The molecule has 0 radical (unpaired) electrons. The summed E-state index contributed by atoms with van der Waals surface area (Å²) in [7, 11) is 0. The summed E-state index contributed by atoms with van der Waals surface area (Å²) < 4.78 is 0. The molecule has 0 spiro atoms. The number of rotatable bonds is 8. The molecule has 0 bridgehead atoms. The normalized spacial score (nSPS) is 17.0. The first-order chi connectivity index (χ1) is 13.3. The van der Waals surface area contributed by atoms with E-state index in [-0.39, 0.29) is 18.7 Å². The van der Waals surface area contributed by atoms with E-state index in [0.29, 0.717) is 24.9 Å². The molecule has 1 fully saturated rings. The van der Waals surface area contributed by atoms with Crippen LogP contribution in [0, 0.1) is 0 Å². The topological polar surface area (TPSA) is 162 Å². The quantitative estimate of drug-likeness (QED) is 0.362. The van der Waals surface area contributed by atoms with Crippen LogP contribution in [0.4, 0.5) is 0 Å². The molecule has 1 aliphatic heterocycles. The van der Waals surface area contributed by atoms with E-state index in [2.05, 4.69) is 10.6 Å². The molecule has 10 heteroatoms. The van der Waals surface area contributed by atoms with Crippen LogP contribution >= 0.6 is 0 Å². The van der Waals surface area contributed by atoms with Gasteiger partial charge in [-0.25, -0.2) is 0 Å². The van der Waals surface area contributed by atoms with Gasteiger partial charge in [0.1, 0.15) is 24.4 Å². The molecular formula is C18H24N4O6. The van der Waals surface area contributed by atoms with Gasteiger partial charge in [0.05, 0.1) is 6.54 Å². The van der Waals surface area contributed by atoms with Crippen molar-refractivity contribution in [2.75, 3.05) is 19.6 Å². The molecule has 3 amide bonds. The summed E-state index contributed by atoms with van der Waals surface area (Å²) in [6.45, 7) is -0.491. The van der Waals surface area contributed by atoms with Crippen molar-refractivity contribution in [3.63, 3.8) is 0 Å². The maximum absolute atomic E-state index is 13.0. The molecule has 152 valence electrons. The van der Waals surface area contributed by atoms with Crippen LogP contribution in [0.15, 0.2) is 24.3 Å². The zero-order valence-electron chi connectivity index (χ0n) is 15.3. The Morgan fingerprint density at radius 2 is 1.89 bits per heavy atom. The Bertz CT molecular complexity index is 736. The minimum atomic E-state index is -1.18. The van der Waals surface area contributed by atoms with Crippen LogP contribution in [-0.2, 0) is 25.6 Å². The van der Waals surface area contributed by atoms with Crippen LogP contribution in [0.25, 0.3) is 0 Å². The van der Waals surface area contributed by atoms with E-state index in [0.717, 1.165) is 0 Å². The molecule has 1 aromatic carbocycles. The summed E-state index contributed by atoms with van der Waals surface area (Å²) in [6.07, 6.45) is 1.16. The standard InChI is InChI=1S/C18H24N4O6/c19-9-15(24)21-13(8-11-3-5-12(23)6-4-11)18(28)22-7-1-2-14(22)17(27)20-10-16(25)26/h3-6,13-14,23H,1-2,7-10,19H2,(H,20,27)(H,21,24)(H,25,26). The smallest absolute Gasteiger partial charge is 0.322 e. The Kier molecular flexibility index (Phi) is 7.33. The molecule has 1 heterocycles. The van der Waals surface area contributed by atoms with E-state index >= 15 is 0 Å². The Labute approximate surface area is 161 Å². The second-order valence-corrected chi connectivity index (χ2v) is 6.50. The molecule has 1 aliphatic rings. The second kappa shape index (κ2) is 9.70. The van der Waals surface area contributed by atoms with Crippen LogP contribution < -0.4 is 16.4 Å². The third-order valence-electron chi connectivity index (χ3n) is 4.45. The SMILES string of the molecule is NCC(=O)NC(Cc1ccc(O)cc1)C(=O)N1CCCC1C(=O)NCC(=O)O. The number of phenols is 1. The Morgan fingerprint density at radius 1 is 1.21 bits per heavy atom. The molecule has 2 atom stereocenters. The van der Waals surface area contributed by atoms with E-state index in [1.165, 1.54) is 17.0 Å². The fourth-order valence-electron chi connectivity index (χ4n) is 3.10. The zero-order chi connectivity index (χ0) is 20.7. The van der Waals surface area contributed by atoms with E-state index in [1.54, 1.807) is 12.1 Å². The van der Waals surface area contributed by atoms with Crippen molar-refractivity contribution in [2.45, 2.75) is 31.3 Å². The maximum atomic E-state index is 13.0. The van der Waals surface area contributed by atoms with Gasteiger partial charge in [-0.1, -0.05) is 12.1 Å². The first kappa shape index (κ1) is 21.2. The molecule has 2 unspecified atom stereocenters. The van der Waals surface area contributed by atoms with E-state index in [4.69, 9.17) is 10.8 Å². The van der Waals surface area contributed by atoms with Crippen molar-refractivity contribution in [3.05, 3.63) is 29.8 Å². The highest BCUT2D eigenvalue weighted by Crippen LogP contribution is 2.20. The fourth-order valence-corrected chi connectivity index (χ4v) is 3.10. The van der Waals surface area contributed by atoms with Gasteiger partial charge in [0.25, 0.3) is 0 Å². The van der Waals surface area contributed by atoms with Gasteiger partial charge in [-0.2, -0.15) is 0 Å². The summed E-state index contributed by atoms with van der Waals surface area (Å²) in [5.41, 5.74) is 6.05. The van der Waals surface area contributed by atoms with Gasteiger partial charge in [0.15, 0.2) is 0 Å². The first-order valence-corrected chi connectivity index (χ1v) is 8.89. The summed E-state index contributed by atoms with van der Waals surface area (Å²) in [5, 5.41) is 23.0. The Morgan fingerprint density at radius 3 is 2.50 bits per heavy atom. The van der Waals surface area contributed by atoms with Crippen molar-refractivity contribution in [3.8, 4) is 5.75 Å². The predicted molar refractivity (Wildman–Crippen MR) is 98.2 cm³/mol. The lowest BCUT2D eigenvalue weighted by Gasteiger charge is -2.28. The monoisotopic (exact) mass is 392 g/mol. The van der Waals surface area contributed by atoms with Crippen molar-refractivity contribution < 1.29 is 29.4 Å². The minimum absolute atomic E-state index is 0.0762. The number of hydrogen-bond donors (Lipinski definition) is 5. The van der Waals surface area contributed by atoms with Gasteiger partial charge in [-0.05, 0) is 30.5 Å². The number of nitrogens with two attached hydrogens (primary N) is 1. The second-order valence-electron chi connectivity index (χ2n) is 6.50. The number of carbonyl (C=O) groups excluding carboxylic acids is 3. The number of carbonyl (C=O) groups is 4. The number of phenolic OH excluding ortho intramolecular Hbond substituents is 1. The van der Waals surface area contributed by atoms with Gasteiger partial charge < -0.3 is 31.5 Å². The van der Waals surface area contributed by atoms with Gasteiger partial charge in [0, 0.05) is 13.0 Å². The number of aliphatic carboxylic acids is 1. The molecule has 6 N–H and O–H groups in total. The van der Waals surface area contributed by atoms with Gasteiger partial charge in [-0.15, -0.1) is 0 Å². The first-order valence-electron chi connectivity index (χ1n) is 8.89. The molecule has 2 rings (SSSR count). The third-order valence-corrected chi connectivity index (χ3v) is 4.45. The highest BCUT2D eigenvalue weighted by atomic mass is 16.4. The molecule has 28 heavy (non-hydrogen) atoms. The van der Waals surface area contributed by atoms with Crippen molar-refractivity contribution in [1.82, 2.24) is 15.5 Å². The minimum Gasteiger partial charge on any atom is -0.508 e. The van der Waals surface area contributed by atoms with Crippen LogP contribution in [0.2, 0.25) is 0 Å². The maximum Gasteiger partial charge on any atom is 0.322 e. The number of benzene rings is 1. The lowest BCUT2D eigenvalue weighted by molar-refractivity contribution is -0.142. The number of nitrogens with one attached hydrogen (secondary N) is 2. The number of aromatic hydroxyl groups is 1. The average molecular weight is 392 g/mol. The highest BCUT2D eigenvalue weighted by molar-refractivity contribution is 5.93. The molecule has 1 aromatic rings. The summed E-state index contributed by atoms with van der Waals surface area (Å²) >= 11 is 0. The Balaban J connectivity index is 2.14. The molecule has 1 saturated heterocycles. The van der Waals surface area contributed by atoms with Gasteiger partial charge in [0.2, 0.25) is 17.7 Å². The number of likely N-dealkylation sites (tertiary alicyclic amines) is 1. The molecular weight excluding hydrogens is 368 g/mol. The summed E-state index contributed by atoms with van der Waals surface area (Å²) in [4.78, 5) is 49.1. The number of carboxylic acid groups (broad SMARTS) is 1. The largest absolute Gasteiger partial charge is 0.508 e. The van der Waals surface area contributed by atoms with Crippen LogP contribution in [0.3, 0.4) is 0 Å². The Hall–Kier alpha value is -3.14. The third kappa shape index (κ3) is 5.68. The van der Waals surface area contributed by atoms with E-state index in [1.807, 2.05) is 0 Å². The molecule has 10 nitrogen and oxygen atoms in total. The summed E-state index contributed by atoms with van der Waals surface area (Å²) in [5.74, 6) is -2.59. The predicted octanol–water partition coefficient (Wildman–Crippen LogP) is -1.43. The van der Waals surface area contributed by atoms with Crippen LogP contribution in [-0.4, -0.2) is 70.5 Å². The molecule has 0 aromatic heterocycles. The van der Waals surface area contributed by atoms with Gasteiger partial charge in [-0.3, -0.25) is 19.2 Å². The average Bonchev–Trinajstić information content (AvgIpc) is 3.16. The van der Waals surface area contributed by atoms with Crippen molar-refractivity contribution in [1.29, 1.82) is 0 Å². The fraction of sp³-hybridized carbons (Fsp3) is 0.444. The number of hydrogen-bond acceptors (Lipinski definition) is 6. The van der Waals surface area contributed by atoms with Crippen molar-refractivity contribution in [2.24, 2.45) is 5.73 Å². The highest BCUT2D eigenvalue weighted by Gasteiger charge is 2.37. The zero-order valence-corrected chi connectivity index (χ0v) is 15.3. The lowest BCUT2D eigenvalue weighted by atomic mass is 10.0. The number of carboxylic acids is 1. The summed E-state index contributed by atoms with van der Waals surface area (Å²) in [6, 6.07) is 4.48. The lowest BCUT2D eigenvalue weighted by Crippen LogP contribution is -2.55. The van der Waals surface area contributed by atoms with Gasteiger partial charge >= 0.3 is 5.97 Å². The molecule has 0 saturated carbocycles. The van der Waals surface area contributed by atoms with E-state index in [9.17, 15) is 24.3 Å². The van der Waals surface area contributed by atoms with Crippen LogP contribution in [0.5, 0.6) is 5.75 Å². The van der Waals surface area contributed by atoms with Crippen molar-refractivity contribution >= 4 is 23.7 Å². The van der Waals surface area contributed by atoms with E-state index < -0.39 is 42.3 Å². The number of amides is 3.